The maximum atomic E-state index is 14.0. The summed E-state index contributed by atoms with van der Waals surface area (Å²) in [4.78, 5) is 44.9. The van der Waals surface area contributed by atoms with E-state index < -0.39 is 23.5 Å². The van der Waals surface area contributed by atoms with E-state index in [4.69, 9.17) is 41.8 Å². The molecule has 3 heterocycles. The number of carbonyl (C=O) groups excluding carboxylic acids is 2. The van der Waals surface area contributed by atoms with Crippen LogP contribution in [0.5, 0.6) is 5.75 Å². The number of ether oxygens (including phenoxy) is 3. The van der Waals surface area contributed by atoms with Gasteiger partial charge in [-0.15, -0.1) is 0 Å². The SMILES string of the molecule is CCOC(=O)C1=C(C)N=c2s/c(=C\c3ccc(-c4cc(Cl)ccc4C(=O)OC(C)C)o3)c(=O)n2[C@@H]1c1cc(Cl)ccc1OC. The Hall–Kier alpha value is -4.12. The minimum Gasteiger partial charge on any atom is -0.496 e. The van der Waals surface area contributed by atoms with E-state index in [-0.39, 0.29) is 18.3 Å². The lowest BCUT2D eigenvalue weighted by atomic mass is 9.95. The molecule has 0 saturated carbocycles. The third-order valence-corrected chi connectivity index (χ3v) is 8.17. The van der Waals surface area contributed by atoms with Gasteiger partial charge in [-0.3, -0.25) is 9.36 Å². The van der Waals surface area contributed by atoms with Crippen LogP contribution < -0.4 is 19.6 Å². The topological polar surface area (TPSA) is 109 Å². The molecule has 5 rings (SSSR count). The van der Waals surface area contributed by atoms with Gasteiger partial charge in [0.25, 0.3) is 5.56 Å². The predicted molar refractivity (Wildman–Crippen MR) is 168 cm³/mol. The van der Waals surface area contributed by atoms with E-state index >= 15 is 0 Å². The molecule has 1 atom stereocenters. The van der Waals surface area contributed by atoms with E-state index in [1.807, 2.05) is 0 Å². The molecule has 9 nitrogen and oxygen atoms in total. The van der Waals surface area contributed by atoms with Crippen LogP contribution in [0.4, 0.5) is 0 Å². The molecule has 0 N–H and O–H groups in total. The highest BCUT2D eigenvalue weighted by Gasteiger charge is 2.35. The first-order chi connectivity index (χ1) is 21.0. The van der Waals surface area contributed by atoms with Gasteiger partial charge in [0, 0.05) is 27.2 Å². The number of allylic oxidation sites excluding steroid dienone is 1. The Kier molecular flexibility index (Phi) is 9.15. The van der Waals surface area contributed by atoms with E-state index in [1.54, 1.807) is 82.3 Å². The molecule has 1 aliphatic rings. The number of hydrogen-bond acceptors (Lipinski definition) is 9. The second-order valence-corrected chi connectivity index (χ2v) is 11.9. The van der Waals surface area contributed by atoms with Crippen molar-refractivity contribution in [1.82, 2.24) is 4.57 Å². The zero-order chi connectivity index (χ0) is 31.7. The van der Waals surface area contributed by atoms with Crippen molar-refractivity contribution < 1.29 is 28.2 Å². The molecular weight excluding hydrogens is 627 g/mol. The minimum absolute atomic E-state index is 0.143. The van der Waals surface area contributed by atoms with E-state index in [2.05, 4.69) is 4.99 Å². The van der Waals surface area contributed by atoms with Crippen LogP contribution in [0.1, 0.15) is 55.4 Å². The number of furan rings is 1. The first-order valence-electron chi connectivity index (χ1n) is 13.7. The Labute approximate surface area is 266 Å². The first-order valence-corrected chi connectivity index (χ1v) is 15.2. The van der Waals surface area contributed by atoms with Crippen molar-refractivity contribution in [2.24, 2.45) is 4.99 Å². The molecule has 44 heavy (non-hydrogen) atoms. The minimum atomic E-state index is -0.908. The van der Waals surface area contributed by atoms with E-state index in [0.29, 0.717) is 59.0 Å². The molecule has 0 bridgehead atoms. The van der Waals surface area contributed by atoms with Gasteiger partial charge in [0.15, 0.2) is 4.80 Å². The monoisotopic (exact) mass is 654 g/mol. The van der Waals surface area contributed by atoms with Crippen LogP contribution in [0.3, 0.4) is 0 Å². The van der Waals surface area contributed by atoms with Crippen molar-refractivity contribution >= 4 is 52.6 Å². The van der Waals surface area contributed by atoms with Crippen molar-refractivity contribution in [2.75, 3.05) is 13.7 Å². The third kappa shape index (κ3) is 6.10. The number of carbonyl (C=O) groups is 2. The van der Waals surface area contributed by atoms with Crippen LogP contribution in [-0.2, 0) is 14.3 Å². The Morgan fingerprint density at radius 1 is 1.09 bits per heavy atom. The molecule has 0 saturated heterocycles. The summed E-state index contributed by atoms with van der Waals surface area (Å²) < 4.78 is 24.1. The quantitative estimate of drug-likeness (QED) is 0.216. The van der Waals surface area contributed by atoms with E-state index in [9.17, 15) is 14.4 Å². The second-order valence-electron chi connectivity index (χ2n) is 10.0. The molecule has 0 fully saturated rings. The Bertz CT molecular complexity index is 1990. The second kappa shape index (κ2) is 12.9. The van der Waals surface area contributed by atoms with Crippen LogP contribution in [0.25, 0.3) is 17.4 Å². The fourth-order valence-electron chi connectivity index (χ4n) is 4.88. The average molecular weight is 656 g/mol. The summed E-state index contributed by atoms with van der Waals surface area (Å²) in [6.45, 7) is 7.06. The van der Waals surface area contributed by atoms with Gasteiger partial charge in [-0.25, -0.2) is 14.6 Å². The normalized spacial score (nSPS) is 14.8. The van der Waals surface area contributed by atoms with Gasteiger partial charge < -0.3 is 18.6 Å². The lowest BCUT2D eigenvalue weighted by Gasteiger charge is -2.26. The molecule has 0 amide bonds. The zero-order valence-corrected chi connectivity index (χ0v) is 26.8. The van der Waals surface area contributed by atoms with Crippen molar-refractivity contribution in [1.29, 1.82) is 0 Å². The summed E-state index contributed by atoms with van der Waals surface area (Å²) in [5.74, 6) is 0.0477. The van der Waals surface area contributed by atoms with Gasteiger partial charge in [-0.05, 0) is 76.2 Å². The van der Waals surface area contributed by atoms with Crippen molar-refractivity contribution in [3.05, 3.63) is 106 Å². The molecule has 0 aliphatic carbocycles. The molecule has 2 aromatic carbocycles. The highest BCUT2D eigenvalue weighted by molar-refractivity contribution is 7.07. The molecular formula is C32H28Cl2N2O7S. The molecule has 228 valence electrons. The van der Waals surface area contributed by atoms with Gasteiger partial charge in [0.1, 0.15) is 23.3 Å². The number of aromatic nitrogens is 1. The van der Waals surface area contributed by atoms with Gasteiger partial charge >= 0.3 is 11.9 Å². The lowest BCUT2D eigenvalue weighted by Crippen LogP contribution is -2.40. The molecule has 2 aromatic heterocycles. The van der Waals surface area contributed by atoms with Crippen LogP contribution in [0, 0.1) is 0 Å². The maximum Gasteiger partial charge on any atom is 0.339 e. The molecule has 4 aromatic rings. The summed E-state index contributed by atoms with van der Waals surface area (Å²) in [5, 5.41) is 0.818. The number of methoxy groups -OCH3 is 1. The number of thiazole rings is 1. The van der Waals surface area contributed by atoms with Crippen LogP contribution in [0.15, 0.2) is 74.0 Å². The van der Waals surface area contributed by atoms with E-state index in [1.165, 1.54) is 11.7 Å². The van der Waals surface area contributed by atoms with Gasteiger partial charge in [-0.1, -0.05) is 34.5 Å². The third-order valence-electron chi connectivity index (χ3n) is 6.71. The molecule has 12 heteroatoms. The number of halogens is 2. The van der Waals surface area contributed by atoms with Crippen LogP contribution in [0.2, 0.25) is 10.0 Å². The number of benzene rings is 2. The molecule has 0 spiro atoms. The largest absolute Gasteiger partial charge is 0.496 e. The summed E-state index contributed by atoms with van der Waals surface area (Å²) >= 11 is 13.7. The van der Waals surface area contributed by atoms with Gasteiger partial charge in [-0.2, -0.15) is 0 Å². The number of esters is 2. The molecule has 0 unspecified atom stereocenters. The standard InChI is InChI=1S/C32H28Cl2N2O7S/c1-6-41-31(39)27-17(4)35-32-36(28(27)23-14-19(34)8-11-24(23)40-5)29(37)26(44-32)15-20-9-12-25(43-20)22-13-18(33)7-10-21(22)30(38)42-16(2)3/h7-16,28H,6H2,1-5H3/b26-15-/t28-/m1/s1. The zero-order valence-electron chi connectivity index (χ0n) is 24.5. The smallest absolute Gasteiger partial charge is 0.339 e. The summed E-state index contributed by atoms with van der Waals surface area (Å²) in [7, 11) is 1.50. The van der Waals surface area contributed by atoms with E-state index in [0.717, 1.165) is 11.3 Å². The van der Waals surface area contributed by atoms with Crippen molar-refractivity contribution in [3.63, 3.8) is 0 Å². The Morgan fingerprint density at radius 2 is 1.82 bits per heavy atom. The fourth-order valence-corrected chi connectivity index (χ4v) is 6.26. The van der Waals surface area contributed by atoms with Crippen LogP contribution in [-0.4, -0.2) is 36.3 Å². The highest BCUT2D eigenvalue weighted by atomic mass is 35.5. The average Bonchev–Trinajstić information content (AvgIpc) is 3.56. The van der Waals surface area contributed by atoms with Crippen LogP contribution >= 0.6 is 34.5 Å². The van der Waals surface area contributed by atoms with Gasteiger partial charge in [0.2, 0.25) is 0 Å². The number of fused-ring (bicyclic) bond motifs is 1. The summed E-state index contributed by atoms with van der Waals surface area (Å²) in [5.41, 5.74) is 1.45. The lowest BCUT2D eigenvalue weighted by molar-refractivity contribution is -0.139. The molecule has 1 aliphatic heterocycles. The molecule has 0 radical (unpaired) electrons. The Balaban J connectivity index is 1.64. The maximum absolute atomic E-state index is 14.0. The first kappa shape index (κ1) is 31.3. The van der Waals surface area contributed by atoms with Crippen molar-refractivity contribution in [2.45, 2.75) is 39.8 Å². The fraction of sp³-hybridized carbons (Fsp3) is 0.250. The number of rotatable bonds is 8. The van der Waals surface area contributed by atoms with Gasteiger partial charge in [0.05, 0.1) is 41.2 Å². The highest BCUT2D eigenvalue weighted by Crippen LogP contribution is 2.37. The summed E-state index contributed by atoms with van der Waals surface area (Å²) in [6, 6.07) is 12.3. The Morgan fingerprint density at radius 3 is 2.52 bits per heavy atom. The summed E-state index contributed by atoms with van der Waals surface area (Å²) in [6.07, 6.45) is 1.27. The predicted octanol–water partition coefficient (Wildman–Crippen LogP) is 5.94. The number of nitrogens with zero attached hydrogens (tertiary/aromatic N) is 2. The number of hydrogen-bond donors (Lipinski definition) is 0. The van der Waals surface area contributed by atoms with Crippen molar-refractivity contribution in [3.8, 4) is 17.1 Å².